The topological polar surface area (TPSA) is 29.3 Å². The summed E-state index contributed by atoms with van der Waals surface area (Å²) < 4.78 is 0. The molecule has 1 atom stereocenters. The Morgan fingerprint density at radius 2 is 2.15 bits per heavy atom. The molecule has 1 saturated heterocycles. The van der Waals surface area contributed by atoms with Crippen molar-refractivity contribution in [2.24, 2.45) is 11.7 Å². The van der Waals surface area contributed by atoms with Crippen molar-refractivity contribution < 1.29 is 0 Å². The van der Waals surface area contributed by atoms with E-state index in [-0.39, 0.29) is 5.54 Å². The molecule has 13 heavy (non-hydrogen) atoms. The van der Waals surface area contributed by atoms with Crippen molar-refractivity contribution in [3.63, 3.8) is 0 Å². The zero-order valence-corrected chi connectivity index (χ0v) is 9.34. The molecule has 1 aliphatic rings. The average molecular weight is 184 g/mol. The lowest BCUT2D eigenvalue weighted by molar-refractivity contribution is 0.147. The largest absolute Gasteiger partial charge is 0.324 e. The second-order valence-corrected chi connectivity index (χ2v) is 5.14. The van der Waals surface area contributed by atoms with Crippen LogP contribution in [0, 0.1) is 5.92 Å². The van der Waals surface area contributed by atoms with Crippen LogP contribution in [0.25, 0.3) is 0 Å². The maximum Gasteiger partial charge on any atom is 0.0226 e. The van der Waals surface area contributed by atoms with Crippen LogP contribution < -0.4 is 5.73 Å². The third kappa shape index (κ3) is 4.10. The fourth-order valence-corrected chi connectivity index (χ4v) is 2.20. The molecule has 1 fully saturated rings. The number of likely N-dealkylation sites (tertiary alicyclic amines) is 1. The van der Waals surface area contributed by atoms with Crippen molar-refractivity contribution in [2.75, 3.05) is 19.6 Å². The summed E-state index contributed by atoms with van der Waals surface area (Å²) in [7, 11) is 0. The van der Waals surface area contributed by atoms with E-state index in [1.165, 1.54) is 32.4 Å². The van der Waals surface area contributed by atoms with Crippen LogP contribution in [-0.2, 0) is 0 Å². The van der Waals surface area contributed by atoms with Crippen LogP contribution in [-0.4, -0.2) is 30.1 Å². The van der Waals surface area contributed by atoms with Crippen LogP contribution in [0.5, 0.6) is 0 Å². The Balaban J connectivity index is 2.34. The quantitative estimate of drug-likeness (QED) is 0.725. The van der Waals surface area contributed by atoms with Crippen molar-refractivity contribution in [3.05, 3.63) is 0 Å². The van der Waals surface area contributed by atoms with Gasteiger partial charge in [-0.05, 0) is 39.2 Å². The zero-order valence-electron chi connectivity index (χ0n) is 9.34. The standard InChI is InChI=1S/C11H24N2/c1-4-10-6-5-7-13(8-10)9-11(2,3)12/h10H,4-9,12H2,1-3H3. The lowest BCUT2D eigenvalue weighted by Crippen LogP contribution is -2.48. The molecule has 1 heterocycles. The highest BCUT2D eigenvalue weighted by molar-refractivity contribution is 4.80. The van der Waals surface area contributed by atoms with E-state index in [4.69, 9.17) is 5.73 Å². The van der Waals surface area contributed by atoms with Crippen LogP contribution >= 0.6 is 0 Å². The van der Waals surface area contributed by atoms with Gasteiger partial charge in [0.15, 0.2) is 0 Å². The first kappa shape index (κ1) is 11.0. The summed E-state index contributed by atoms with van der Waals surface area (Å²) in [5, 5.41) is 0. The molecular formula is C11H24N2. The van der Waals surface area contributed by atoms with E-state index in [1.54, 1.807) is 0 Å². The van der Waals surface area contributed by atoms with Crippen LogP contribution in [0.3, 0.4) is 0 Å². The summed E-state index contributed by atoms with van der Waals surface area (Å²) in [4.78, 5) is 2.53. The molecule has 0 aromatic rings. The van der Waals surface area contributed by atoms with Gasteiger partial charge in [0.2, 0.25) is 0 Å². The molecule has 0 bridgehead atoms. The summed E-state index contributed by atoms with van der Waals surface area (Å²) >= 11 is 0. The number of hydrogen-bond donors (Lipinski definition) is 1. The van der Waals surface area contributed by atoms with Gasteiger partial charge in [-0.1, -0.05) is 13.3 Å². The molecule has 0 radical (unpaired) electrons. The maximum atomic E-state index is 6.01. The van der Waals surface area contributed by atoms with Gasteiger partial charge in [0.05, 0.1) is 0 Å². The molecule has 0 aromatic heterocycles. The summed E-state index contributed by atoms with van der Waals surface area (Å²) in [6.45, 7) is 10.1. The van der Waals surface area contributed by atoms with Gasteiger partial charge in [-0.2, -0.15) is 0 Å². The highest BCUT2D eigenvalue weighted by Gasteiger charge is 2.22. The summed E-state index contributed by atoms with van der Waals surface area (Å²) in [6, 6.07) is 0. The summed E-state index contributed by atoms with van der Waals surface area (Å²) in [5.74, 6) is 0.913. The van der Waals surface area contributed by atoms with E-state index in [0.29, 0.717) is 0 Å². The predicted octanol–water partition coefficient (Wildman–Crippen LogP) is 1.85. The van der Waals surface area contributed by atoms with Crippen molar-refractivity contribution in [2.45, 2.75) is 45.6 Å². The van der Waals surface area contributed by atoms with Gasteiger partial charge in [-0.15, -0.1) is 0 Å². The van der Waals surface area contributed by atoms with Crippen LogP contribution in [0.4, 0.5) is 0 Å². The van der Waals surface area contributed by atoms with E-state index in [9.17, 15) is 0 Å². The number of nitrogens with zero attached hydrogens (tertiary/aromatic N) is 1. The highest BCUT2D eigenvalue weighted by Crippen LogP contribution is 2.19. The Bertz CT molecular complexity index is 149. The Hall–Kier alpha value is -0.0800. The van der Waals surface area contributed by atoms with Gasteiger partial charge < -0.3 is 10.6 Å². The molecule has 0 saturated carbocycles. The predicted molar refractivity (Wildman–Crippen MR) is 57.7 cm³/mol. The second-order valence-electron chi connectivity index (χ2n) is 5.14. The van der Waals surface area contributed by atoms with E-state index in [2.05, 4.69) is 25.7 Å². The fraction of sp³-hybridized carbons (Fsp3) is 1.00. The molecule has 2 nitrogen and oxygen atoms in total. The SMILES string of the molecule is CCC1CCCN(CC(C)(C)N)C1. The Morgan fingerprint density at radius 3 is 2.69 bits per heavy atom. The molecule has 78 valence electrons. The van der Waals surface area contributed by atoms with Crippen LogP contribution in [0.2, 0.25) is 0 Å². The smallest absolute Gasteiger partial charge is 0.0226 e. The number of nitrogens with two attached hydrogens (primary N) is 1. The van der Waals surface area contributed by atoms with Gasteiger partial charge >= 0.3 is 0 Å². The minimum absolute atomic E-state index is 0.0321. The molecule has 2 heteroatoms. The van der Waals surface area contributed by atoms with Gasteiger partial charge in [0, 0.05) is 18.6 Å². The fourth-order valence-electron chi connectivity index (χ4n) is 2.20. The molecule has 0 amide bonds. The minimum Gasteiger partial charge on any atom is -0.324 e. The summed E-state index contributed by atoms with van der Waals surface area (Å²) in [6.07, 6.45) is 4.09. The van der Waals surface area contributed by atoms with E-state index >= 15 is 0 Å². The monoisotopic (exact) mass is 184 g/mol. The molecule has 1 rings (SSSR count). The van der Waals surface area contributed by atoms with Crippen molar-refractivity contribution in [1.82, 2.24) is 4.90 Å². The molecular weight excluding hydrogens is 160 g/mol. The van der Waals surface area contributed by atoms with E-state index in [0.717, 1.165) is 12.5 Å². The van der Waals surface area contributed by atoms with Crippen molar-refractivity contribution in [1.29, 1.82) is 0 Å². The first-order chi connectivity index (χ1) is 6.01. The first-order valence-corrected chi connectivity index (χ1v) is 5.52. The third-order valence-corrected chi connectivity index (χ3v) is 2.81. The van der Waals surface area contributed by atoms with Crippen LogP contribution in [0.15, 0.2) is 0 Å². The van der Waals surface area contributed by atoms with Crippen molar-refractivity contribution in [3.8, 4) is 0 Å². The molecule has 0 aliphatic carbocycles. The van der Waals surface area contributed by atoms with Gasteiger partial charge in [-0.3, -0.25) is 0 Å². The molecule has 1 unspecified atom stereocenters. The van der Waals surface area contributed by atoms with E-state index < -0.39 is 0 Å². The lowest BCUT2D eigenvalue weighted by atomic mass is 9.94. The Labute approximate surface area is 82.5 Å². The minimum atomic E-state index is -0.0321. The van der Waals surface area contributed by atoms with E-state index in [1.807, 2.05) is 0 Å². The first-order valence-electron chi connectivity index (χ1n) is 5.52. The molecule has 0 spiro atoms. The highest BCUT2D eigenvalue weighted by atomic mass is 15.1. The third-order valence-electron chi connectivity index (χ3n) is 2.81. The van der Waals surface area contributed by atoms with Gasteiger partial charge in [0.1, 0.15) is 0 Å². The number of piperidine rings is 1. The Kier molecular flexibility index (Phi) is 3.74. The summed E-state index contributed by atoms with van der Waals surface area (Å²) in [5.41, 5.74) is 5.98. The number of rotatable bonds is 3. The van der Waals surface area contributed by atoms with Gasteiger partial charge in [-0.25, -0.2) is 0 Å². The Morgan fingerprint density at radius 1 is 1.46 bits per heavy atom. The maximum absolute atomic E-state index is 6.01. The second kappa shape index (κ2) is 4.43. The average Bonchev–Trinajstić information content (AvgIpc) is 2.01. The molecule has 2 N–H and O–H groups in total. The zero-order chi connectivity index (χ0) is 9.90. The lowest BCUT2D eigenvalue weighted by Gasteiger charge is -2.36. The van der Waals surface area contributed by atoms with Crippen molar-refractivity contribution >= 4 is 0 Å². The normalized spacial score (nSPS) is 26.3. The van der Waals surface area contributed by atoms with Crippen LogP contribution in [0.1, 0.15) is 40.0 Å². The molecule has 0 aromatic carbocycles. The van der Waals surface area contributed by atoms with Gasteiger partial charge in [0.25, 0.3) is 0 Å². The number of hydrogen-bond acceptors (Lipinski definition) is 2. The molecule has 1 aliphatic heterocycles.